The Kier molecular flexibility index (Phi) is 3.90. The number of alkyl halides is 1. The topological polar surface area (TPSA) is 0 Å². The van der Waals surface area contributed by atoms with Gasteiger partial charge in [0.1, 0.15) is 5.82 Å². The van der Waals surface area contributed by atoms with Crippen LogP contribution < -0.4 is 0 Å². The van der Waals surface area contributed by atoms with E-state index in [9.17, 15) is 4.39 Å². The number of hydrogen-bond acceptors (Lipinski definition) is 1. The fourth-order valence-corrected chi connectivity index (χ4v) is 3.30. The Hall–Kier alpha value is -0.0900. The molecule has 2 rings (SSSR count). The normalized spacial score (nSPS) is 12.8. The zero-order chi connectivity index (χ0) is 11.7. The molecule has 1 aromatic heterocycles. The fraction of sp³-hybridized carbons (Fsp3) is 0.0909. The predicted molar refractivity (Wildman–Crippen MR) is 71.1 cm³/mol. The smallest absolute Gasteiger partial charge is 0.128 e. The van der Waals surface area contributed by atoms with Gasteiger partial charge in [-0.25, -0.2) is 4.39 Å². The number of thiophene rings is 1. The lowest BCUT2D eigenvalue weighted by Gasteiger charge is -2.09. The second kappa shape index (κ2) is 5.05. The highest BCUT2D eigenvalue weighted by atomic mass is 79.9. The second-order valence-corrected chi connectivity index (χ2v) is 6.54. The molecule has 0 aliphatic heterocycles. The maximum atomic E-state index is 13.6. The van der Waals surface area contributed by atoms with Crippen LogP contribution in [0.2, 0.25) is 5.02 Å². The largest absolute Gasteiger partial charge is 0.207 e. The molecule has 0 aliphatic rings. The van der Waals surface area contributed by atoms with E-state index in [-0.39, 0.29) is 5.82 Å². The molecule has 0 amide bonds. The standard InChI is InChI=1S/C11H6BrCl2FS/c12-10-4-3-9(16-10)11(14)7-5-6(13)1-2-8(7)15/h1-5,11H. The molecule has 0 fully saturated rings. The van der Waals surface area contributed by atoms with Crippen molar-refractivity contribution in [3.63, 3.8) is 0 Å². The summed E-state index contributed by atoms with van der Waals surface area (Å²) in [6, 6.07) is 8.15. The van der Waals surface area contributed by atoms with Crippen molar-refractivity contribution in [3.05, 3.63) is 55.4 Å². The van der Waals surface area contributed by atoms with Crippen LogP contribution in [-0.4, -0.2) is 0 Å². The first-order valence-electron chi connectivity index (χ1n) is 4.42. The molecule has 0 aliphatic carbocycles. The third-order valence-electron chi connectivity index (χ3n) is 2.07. The molecule has 1 aromatic carbocycles. The lowest BCUT2D eigenvalue weighted by atomic mass is 10.1. The monoisotopic (exact) mass is 338 g/mol. The minimum absolute atomic E-state index is 0.339. The van der Waals surface area contributed by atoms with E-state index < -0.39 is 5.38 Å². The van der Waals surface area contributed by atoms with Gasteiger partial charge in [0.15, 0.2) is 0 Å². The van der Waals surface area contributed by atoms with Crippen LogP contribution in [0.4, 0.5) is 4.39 Å². The molecule has 5 heteroatoms. The first-order chi connectivity index (χ1) is 7.58. The van der Waals surface area contributed by atoms with Gasteiger partial charge >= 0.3 is 0 Å². The number of hydrogen-bond donors (Lipinski definition) is 0. The van der Waals surface area contributed by atoms with E-state index in [1.54, 1.807) is 6.07 Å². The van der Waals surface area contributed by atoms with Crippen molar-refractivity contribution in [1.82, 2.24) is 0 Å². The highest BCUT2D eigenvalue weighted by Crippen LogP contribution is 2.37. The van der Waals surface area contributed by atoms with Crippen LogP contribution in [0, 0.1) is 5.82 Å². The summed E-state index contributed by atoms with van der Waals surface area (Å²) in [4.78, 5) is 0.884. The van der Waals surface area contributed by atoms with Gasteiger partial charge in [0, 0.05) is 15.5 Å². The van der Waals surface area contributed by atoms with Gasteiger partial charge in [-0.2, -0.15) is 0 Å². The molecule has 1 heterocycles. The molecule has 0 saturated heterocycles. The van der Waals surface area contributed by atoms with Gasteiger partial charge in [0.2, 0.25) is 0 Å². The molecule has 1 atom stereocenters. The molecule has 0 saturated carbocycles. The Labute approximate surface area is 115 Å². The molecular weight excluding hydrogens is 334 g/mol. The molecule has 84 valence electrons. The molecular formula is C11H6BrCl2FS. The third-order valence-corrected chi connectivity index (χ3v) is 4.60. The molecule has 16 heavy (non-hydrogen) atoms. The third kappa shape index (κ3) is 2.59. The summed E-state index contributed by atoms with van der Waals surface area (Å²) in [5.74, 6) is -0.339. The van der Waals surface area contributed by atoms with E-state index in [2.05, 4.69) is 15.9 Å². The molecule has 2 aromatic rings. The summed E-state index contributed by atoms with van der Waals surface area (Å²) < 4.78 is 14.5. The van der Waals surface area contributed by atoms with Crippen LogP contribution in [-0.2, 0) is 0 Å². The number of rotatable bonds is 2. The van der Waals surface area contributed by atoms with Crippen LogP contribution in [0.5, 0.6) is 0 Å². The van der Waals surface area contributed by atoms with E-state index >= 15 is 0 Å². The maximum Gasteiger partial charge on any atom is 0.128 e. The average Bonchev–Trinajstić information content (AvgIpc) is 2.67. The van der Waals surface area contributed by atoms with Crippen molar-refractivity contribution in [2.24, 2.45) is 0 Å². The molecule has 0 nitrogen and oxygen atoms in total. The van der Waals surface area contributed by atoms with E-state index in [4.69, 9.17) is 23.2 Å². The summed E-state index contributed by atoms with van der Waals surface area (Å²) in [5.41, 5.74) is 0.406. The van der Waals surface area contributed by atoms with Gasteiger partial charge in [-0.3, -0.25) is 0 Å². The summed E-state index contributed by atoms with van der Waals surface area (Å²) in [7, 11) is 0. The minimum Gasteiger partial charge on any atom is -0.207 e. The van der Waals surface area contributed by atoms with Crippen LogP contribution in [0.1, 0.15) is 15.8 Å². The summed E-state index contributed by atoms with van der Waals surface area (Å²) in [6.07, 6.45) is 0. The zero-order valence-corrected chi connectivity index (χ0v) is 11.8. The van der Waals surface area contributed by atoms with Crippen molar-refractivity contribution < 1.29 is 4.39 Å². The average molecular weight is 340 g/mol. The van der Waals surface area contributed by atoms with Crippen molar-refractivity contribution in [2.45, 2.75) is 5.38 Å². The Morgan fingerprint density at radius 2 is 2.00 bits per heavy atom. The molecule has 0 radical (unpaired) electrons. The maximum absolute atomic E-state index is 13.6. The second-order valence-electron chi connectivity index (χ2n) is 3.17. The van der Waals surface area contributed by atoms with E-state index in [0.29, 0.717) is 10.6 Å². The van der Waals surface area contributed by atoms with Gasteiger partial charge in [-0.1, -0.05) is 11.6 Å². The zero-order valence-electron chi connectivity index (χ0n) is 7.88. The van der Waals surface area contributed by atoms with E-state index in [0.717, 1.165) is 8.66 Å². The highest BCUT2D eigenvalue weighted by molar-refractivity contribution is 9.11. The van der Waals surface area contributed by atoms with Gasteiger partial charge in [0.05, 0.1) is 9.16 Å². The van der Waals surface area contributed by atoms with Crippen molar-refractivity contribution in [2.75, 3.05) is 0 Å². The fourth-order valence-electron chi connectivity index (χ4n) is 1.33. The number of halogens is 4. The Bertz CT molecular complexity index is 512. The van der Waals surface area contributed by atoms with Crippen molar-refractivity contribution in [1.29, 1.82) is 0 Å². The van der Waals surface area contributed by atoms with Gasteiger partial charge in [-0.15, -0.1) is 22.9 Å². The lowest BCUT2D eigenvalue weighted by molar-refractivity contribution is 0.613. The van der Waals surface area contributed by atoms with Gasteiger partial charge < -0.3 is 0 Å². The summed E-state index contributed by atoms with van der Waals surface area (Å²) in [5, 5.41) is -0.0207. The Morgan fingerprint density at radius 1 is 1.25 bits per heavy atom. The van der Waals surface area contributed by atoms with Crippen LogP contribution >= 0.6 is 50.5 Å². The molecule has 0 spiro atoms. The summed E-state index contributed by atoms with van der Waals surface area (Å²) >= 11 is 16.9. The van der Waals surface area contributed by atoms with Crippen LogP contribution in [0.3, 0.4) is 0 Å². The molecule has 0 N–H and O–H groups in total. The minimum atomic E-state index is -0.505. The van der Waals surface area contributed by atoms with Crippen molar-refractivity contribution in [3.8, 4) is 0 Å². The molecule has 0 bridgehead atoms. The lowest BCUT2D eigenvalue weighted by Crippen LogP contribution is -1.94. The van der Waals surface area contributed by atoms with Crippen molar-refractivity contribution >= 4 is 50.5 Å². The highest BCUT2D eigenvalue weighted by Gasteiger charge is 2.17. The van der Waals surface area contributed by atoms with Gasteiger partial charge in [-0.05, 0) is 46.3 Å². The SMILES string of the molecule is Fc1ccc(Cl)cc1C(Cl)c1ccc(Br)s1. The Balaban J connectivity index is 2.40. The van der Waals surface area contributed by atoms with Crippen LogP contribution in [0.25, 0.3) is 0 Å². The van der Waals surface area contributed by atoms with E-state index in [1.165, 1.54) is 23.5 Å². The van der Waals surface area contributed by atoms with E-state index in [1.807, 2.05) is 12.1 Å². The first-order valence-corrected chi connectivity index (χ1v) is 6.84. The molecule has 1 unspecified atom stereocenters. The van der Waals surface area contributed by atoms with Crippen LogP contribution in [0.15, 0.2) is 34.1 Å². The number of benzene rings is 1. The predicted octanol–water partition coefficient (Wildman–Crippen LogP) is 5.63. The summed E-state index contributed by atoms with van der Waals surface area (Å²) in [6.45, 7) is 0. The Morgan fingerprint density at radius 3 is 2.62 bits per heavy atom. The van der Waals surface area contributed by atoms with Gasteiger partial charge in [0.25, 0.3) is 0 Å². The quantitative estimate of drug-likeness (QED) is 0.622. The first kappa shape index (κ1) is 12.4.